The first kappa shape index (κ1) is 18.1. The van der Waals surface area contributed by atoms with Gasteiger partial charge in [0.1, 0.15) is 23.0 Å². The molecule has 0 aromatic heterocycles. The van der Waals surface area contributed by atoms with Gasteiger partial charge in [-0.25, -0.2) is 0 Å². The lowest BCUT2D eigenvalue weighted by atomic mass is 9.96. The van der Waals surface area contributed by atoms with Crippen molar-refractivity contribution in [2.45, 2.75) is 19.4 Å². The Morgan fingerprint density at radius 2 is 1.23 bits per heavy atom. The summed E-state index contributed by atoms with van der Waals surface area (Å²) in [5.74, 6) is 2.81. The molecule has 3 aromatic rings. The van der Waals surface area contributed by atoms with Crippen molar-refractivity contribution in [1.82, 2.24) is 0 Å². The summed E-state index contributed by atoms with van der Waals surface area (Å²) < 4.78 is 22.3. The normalized spacial score (nSPS) is 12.2. The Morgan fingerprint density at radius 3 is 1.69 bits per heavy atom. The second-order valence-electron chi connectivity index (χ2n) is 6.04. The zero-order valence-corrected chi connectivity index (χ0v) is 15.8. The molecule has 1 unspecified atom stereocenters. The molecule has 26 heavy (non-hydrogen) atoms. The van der Waals surface area contributed by atoms with E-state index < -0.39 is 6.10 Å². The van der Waals surface area contributed by atoms with Crippen LogP contribution in [-0.4, -0.2) is 33.5 Å². The molecule has 0 saturated carbocycles. The van der Waals surface area contributed by atoms with Crippen LogP contribution in [0.15, 0.2) is 30.3 Å². The van der Waals surface area contributed by atoms with Crippen LogP contribution in [0.2, 0.25) is 0 Å². The second-order valence-corrected chi connectivity index (χ2v) is 6.04. The van der Waals surface area contributed by atoms with Crippen molar-refractivity contribution in [3.63, 3.8) is 0 Å². The van der Waals surface area contributed by atoms with Gasteiger partial charge in [-0.05, 0) is 36.8 Å². The van der Waals surface area contributed by atoms with Crippen molar-refractivity contribution >= 4 is 21.5 Å². The average molecular weight is 356 g/mol. The molecule has 0 aliphatic carbocycles. The lowest BCUT2D eigenvalue weighted by Crippen LogP contribution is -2.02. The highest BCUT2D eigenvalue weighted by Crippen LogP contribution is 2.44. The largest absolute Gasteiger partial charge is 0.496 e. The summed E-state index contributed by atoms with van der Waals surface area (Å²) in [7, 11) is 6.51. The molecule has 0 heterocycles. The summed E-state index contributed by atoms with van der Waals surface area (Å²) in [6.45, 7) is 1.93. The van der Waals surface area contributed by atoms with E-state index in [4.69, 9.17) is 18.9 Å². The maximum absolute atomic E-state index is 10.4. The minimum Gasteiger partial charge on any atom is -0.496 e. The van der Waals surface area contributed by atoms with E-state index in [0.717, 1.165) is 33.0 Å². The highest BCUT2D eigenvalue weighted by atomic mass is 16.5. The van der Waals surface area contributed by atoms with Gasteiger partial charge in [0.15, 0.2) is 0 Å². The SMILES string of the molecule is CCC(O)c1cc(OC)c2cc3c(OC)ccc(OC)c3cc2c1OC. The molecule has 3 rings (SSSR count). The number of aliphatic hydroxyl groups excluding tert-OH is 1. The summed E-state index contributed by atoms with van der Waals surface area (Å²) in [5, 5.41) is 14.0. The average Bonchev–Trinajstić information content (AvgIpc) is 2.69. The van der Waals surface area contributed by atoms with E-state index in [9.17, 15) is 5.11 Å². The van der Waals surface area contributed by atoms with E-state index in [-0.39, 0.29) is 0 Å². The van der Waals surface area contributed by atoms with Crippen LogP contribution in [0, 0.1) is 0 Å². The molecule has 0 radical (unpaired) electrons. The minimum atomic E-state index is -0.633. The third-order valence-electron chi connectivity index (χ3n) is 4.74. The van der Waals surface area contributed by atoms with E-state index in [1.54, 1.807) is 28.4 Å². The first-order chi connectivity index (χ1) is 12.6. The fourth-order valence-electron chi connectivity index (χ4n) is 3.39. The maximum Gasteiger partial charge on any atom is 0.132 e. The van der Waals surface area contributed by atoms with Gasteiger partial charge in [0, 0.05) is 27.1 Å². The lowest BCUT2D eigenvalue weighted by Gasteiger charge is -2.19. The van der Waals surface area contributed by atoms with Gasteiger partial charge in [0.2, 0.25) is 0 Å². The number of methoxy groups -OCH3 is 4. The van der Waals surface area contributed by atoms with Gasteiger partial charge in [-0.2, -0.15) is 0 Å². The van der Waals surface area contributed by atoms with Gasteiger partial charge < -0.3 is 24.1 Å². The van der Waals surface area contributed by atoms with E-state index in [1.165, 1.54) is 0 Å². The minimum absolute atomic E-state index is 0.579. The van der Waals surface area contributed by atoms with Gasteiger partial charge in [-0.3, -0.25) is 0 Å². The molecule has 0 bridgehead atoms. The summed E-state index contributed by atoms with van der Waals surface area (Å²) >= 11 is 0. The Morgan fingerprint density at radius 1 is 0.731 bits per heavy atom. The van der Waals surface area contributed by atoms with Crippen molar-refractivity contribution in [2.75, 3.05) is 28.4 Å². The summed E-state index contributed by atoms with van der Waals surface area (Å²) in [6.07, 6.45) is -0.0541. The molecular formula is C21H24O5. The monoisotopic (exact) mass is 356 g/mol. The third kappa shape index (κ3) is 2.78. The van der Waals surface area contributed by atoms with Gasteiger partial charge in [0.05, 0.1) is 34.5 Å². The number of aliphatic hydroxyl groups is 1. The quantitative estimate of drug-likeness (QED) is 0.660. The molecule has 5 heteroatoms. The van der Waals surface area contributed by atoms with E-state index in [1.807, 2.05) is 37.3 Å². The summed E-state index contributed by atoms with van der Waals surface area (Å²) in [6, 6.07) is 9.61. The molecule has 0 fully saturated rings. The van der Waals surface area contributed by atoms with Gasteiger partial charge in [-0.1, -0.05) is 6.92 Å². The molecule has 0 amide bonds. The Balaban J connectivity index is 2.49. The third-order valence-corrected chi connectivity index (χ3v) is 4.74. The standard InChI is InChI=1S/C21H24O5/c1-6-17(22)16-11-20(25-4)14-9-12-13(10-15(14)21(16)26-5)19(24-3)8-7-18(12)23-2/h7-11,17,22H,6H2,1-5H3. The Hall–Kier alpha value is -2.66. The lowest BCUT2D eigenvalue weighted by molar-refractivity contribution is 0.169. The maximum atomic E-state index is 10.4. The van der Waals surface area contributed by atoms with Crippen LogP contribution in [-0.2, 0) is 0 Å². The Labute approximate surface area is 153 Å². The van der Waals surface area contributed by atoms with Gasteiger partial charge in [0.25, 0.3) is 0 Å². The van der Waals surface area contributed by atoms with Crippen molar-refractivity contribution < 1.29 is 24.1 Å². The van der Waals surface area contributed by atoms with E-state index in [0.29, 0.717) is 23.5 Å². The number of hydrogen-bond acceptors (Lipinski definition) is 5. The zero-order valence-electron chi connectivity index (χ0n) is 15.8. The molecule has 0 aliphatic rings. The zero-order chi connectivity index (χ0) is 18.8. The smallest absolute Gasteiger partial charge is 0.132 e. The molecular weight excluding hydrogens is 332 g/mol. The molecule has 3 aromatic carbocycles. The topological polar surface area (TPSA) is 57.2 Å². The molecule has 0 spiro atoms. The first-order valence-electron chi connectivity index (χ1n) is 8.50. The van der Waals surface area contributed by atoms with Crippen molar-refractivity contribution in [3.05, 3.63) is 35.9 Å². The highest BCUT2D eigenvalue weighted by molar-refractivity contribution is 6.08. The molecule has 1 atom stereocenters. The molecule has 5 nitrogen and oxygen atoms in total. The molecule has 0 aliphatic heterocycles. The van der Waals surface area contributed by atoms with Crippen LogP contribution in [0.5, 0.6) is 23.0 Å². The Bertz CT molecular complexity index is 948. The Kier molecular flexibility index (Phi) is 5.09. The predicted octanol–water partition coefficient (Wildman–Crippen LogP) is 4.47. The summed E-state index contributed by atoms with van der Waals surface area (Å²) in [4.78, 5) is 0. The number of ether oxygens (including phenoxy) is 4. The first-order valence-corrected chi connectivity index (χ1v) is 8.50. The van der Waals surface area contributed by atoms with Crippen LogP contribution in [0.3, 0.4) is 0 Å². The number of fused-ring (bicyclic) bond motifs is 2. The van der Waals surface area contributed by atoms with Gasteiger partial charge in [-0.15, -0.1) is 0 Å². The molecule has 1 N–H and O–H groups in total. The predicted molar refractivity (Wildman–Crippen MR) is 103 cm³/mol. The summed E-state index contributed by atoms with van der Waals surface area (Å²) in [5.41, 5.74) is 0.709. The highest BCUT2D eigenvalue weighted by Gasteiger charge is 2.20. The second kappa shape index (κ2) is 7.30. The van der Waals surface area contributed by atoms with Crippen LogP contribution >= 0.6 is 0 Å². The van der Waals surface area contributed by atoms with E-state index in [2.05, 4.69) is 0 Å². The van der Waals surface area contributed by atoms with Crippen molar-refractivity contribution in [1.29, 1.82) is 0 Å². The number of benzene rings is 3. The van der Waals surface area contributed by atoms with Crippen LogP contribution in [0.1, 0.15) is 25.0 Å². The van der Waals surface area contributed by atoms with Crippen LogP contribution < -0.4 is 18.9 Å². The number of rotatable bonds is 6. The van der Waals surface area contributed by atoms with Crippen molar-refractivity contribution in [2.24, 2.45) is 0 Å². The van der Waals surface area contributed by atoms with Gasteiger partial charge >= 0.3 is 0 Å². The molecule has 138 valence electrons. The molecule has 0 saturated heterocycles. The van der Waals surface area contributed by atoms with E-state index >= 15 is 0 Å². The van der Waals surface area contributed by atoms with Crippen LogP contribution in [0.25, 0.3) is 21.5 Å². The fraction of sp³-hybridized carbons (Fsp3) is 0.333. The van der Waals surface area contributed by atoms with Crippen LogP contribution in [0.4, 0.5) is 0 Å². The fourth-order valence-corrected chi connectivity index (χ4v) is 3.39. The number of hydrogen-bond donors (Lipinski definition) is 1. The van der Waals surface area contributed by atoms with Crippen molar-refractivity contribution in [3.8, 4) is 23.0 Å².